The van der Waals surface area contributed by atoms with E-state index >= 15 is 0 Å². The molecule has 1 N–H and O–H groups in total. The summed E-state index contributed by atoms with van der Waals surface area (Å²) in [6.45, 7) is 4.04. The van der Waals surface area contributed by atoms with Gasteiger partial charge in [-0.15, -0.1) is 0 Å². The van der Waals surface area contributed by atoms with E-state index in [1.807, 2.05) is 36.6 Å². The fourth-order valence-electron chi connectivity index (χ4n) is 2.39. The Hall–Kier alpha value is -2.63. The molecule has 0 unspecified atom stereocenters. The summed E-state index contributed by atoms with van der Waals surface area (Å²) < 4.78 is 2.00. The second kappa shape index (κ2) is 6.43. The third-order valence-electron chi connectivity index (χ3n) is 3.57. The summed E-state index contributed by atoms with van der Waals surface area (Å²) in [5.41, 5.74) is 3.18. The quantitative estimate of drug-likeness (QED) is 0.912. The number of carbonyl (C=O) groups is 2. The van der Waals surface area contributed by atoms with Gasteiger partial charge in [0.15, 0.2) is 0 Å². The van der Waals surface area contributed by atoms with Gasteiger partial charge in [0.05, 0.1) is 17.8 Å². The zero-order valence-electron chi connectivity index (χ0n) is 12.9. The molecule has 0 radical (unpaired) electrons. The summed E-state index contributed by atoms with van der Waals surface area (Å²) in [6, 6.07) is 7.49. The van der Waals surface area contributed by atoms with Crippen molar-refractivity contribution in [2.24, 2.45) is 0 Å². The number of carbonyl (C=O) groups excluding carboxylic acids is 1. The third-order valence-corrected chi connectivity index (χ3v) is 3.57. The first-order valence-corrected chi connectivity index (χ1v) is 6.94. The summed E-state index contributed by atoms with van der Waals surface area (Å²) in [5.74, 6) is -1.32. The van der Waals surface area contributed by atoms with Crippen molar-refractivity contribution in [3.8, 4) is 0 Å². The topological polar surface area (TPSA) is 75.4 Å². The minimum Gasteiger partial charge on any atom is -0.480 e. The minimum atomic E-state index is -1.03. The molecule has 2 heterocycles. The molecule has 0 aliphatic rings. The van der Waals surface area contributed by atoms with Crippen LogP contribution in [0.2, 0.25) is 0 Å². The molecule has 0 saturated carbocycles. The number of nitrogens with zero attached hydrogens (tertiary/aromatic N) is 3. The van der Waals surface area contributed by atoms with Crippen LogP contribution in [0.15, 0.2) is 30.5 Å². The largest absolute Gasteiger partial charge is 0.480 e. The van der Waals surface area contributed by atoms with Crippen LogP contribution in [0.1, 0.15) is 27.4 Å². The average Bonchev–Trinajstić information content (AvgIpc) is 2.75. The van der Waals surface area contributed by atoms with Gasteiger partial charge < -0.3 is 14.6 Å². The van der Waals surface area contributed by atoms with Crippen LogP contribution in [0.4, 0.5) is 0 Å². The fourth-order valence-corrected chi connectivity index (χ4v) is 2.39. The highest BCUT2D eigenvalue weighted by atomic mass is 16.4. The first-order chi connectivity index (χ1) is 10.4. The lowest BCUT2D eigenvalue weighted by Gasteiger charge is -2.15. The van der Waals surface area contributed by atoms with Crippen LogP contribution >= 0.6 is 0 Å². The normalized spacial score (nSPS) is 10.5. The van der Waals surface area contributed by atoms with Gasteiger partial charge in [0.2, 0.25) is 0 Å². The molecule has 0 aromatic carbocycles. The molecule has 0 atom stereocenters. The predicted molar refractivity (Wildman–Crippen MR) is 81.8 cm³/mol. The molecular weight excluding hydrogens is 282 g/mol. The van der Waals surface area contributed by atoms with Gasteiger partial charge in [-0.3, -0.25) is 14.6 Å². The number of hydrogen-bond donors (Lipinski definition) is 1. The summed E-state index contributed by atoms with van der Waals surface area (Å²) >= 11 is 0. The molecular formula is C16H19N3O3. The van der Waals surface area contributed by atoms with Crippen molar-refractivity contribution in [1.29, 1.82) is 0 Å². The van der Waals surface area contributed by atoms with Crippen molar-refractivity contribution in [3.63, 3.8) is 0 Å². The van der Waals surface area contributed by atoms with Crippen LogP contribution in [-0.4, -0.2) is 45.0 Å². The molecule has 116 valence electrons. The molecule has 0 bridgehead atoms. The Bertz CT molecular complexity index is 692. The Morgan fingerprint density at radius 3 is 2.64 bits per heavy atom. The average molecular weight is 301 g/mol. The van der Waals surface area contributed by atoms with E-state index in [1.165, 1.54) is 11.9 Å². The molecule has 6 nitrogen and oxygen atoms in total. The van der Waals surface area contributed by atoms with Crippen LogP contribution in [-0.2, 0) is 11.3 Å². The van der Waals surface area contributed by atoms with E-state index < -0.39 is 5.97 Å². The van der Waals surface area contributed by atoms with E-state index in [9.17, 15) is 9.59 Å². The van der Waals surface area contributed by atoms with Crippen LogP contribution in [0.5, 0.6) is 0 Å². The molecule has 6 heteroatoms. The van der Waals surface area contributed by atoms with E-state index in [0.717, 1.165) is 17.1 Å². The first-order valence-electron chi connectivity index (χ1n) is 6.94. The smallest absolute Gasteiger partial charge is 0.323 e. The van der Waals surface area contributed by atoms with Crippen molar-refractivity contribution in [2.45, 2.75) is 20.4 Å². The van der Waals surface area contributed by atoms with Crippen LogP contribution in [0.3, 0.4) is 0 Å². The molecule has 0 aliphatic carbocycles. The van der Waals surface area contributed by atoms with Gasteiger partial charge >= 0.3 is 5.97 Å². The van der Waals surface area contributed by atoms with Gasteiger partial charge in [0, 0.05) is 24.6 Å². The Morgan fingerprint density at radius 1 is 1.32 bits per heavy atom. The number of aliphatic carboxylic acids is 1. The highest BCUT2D eigenvalue weighted by Crippen LogP contribution is 2.18. The summed E-state index contributed by atoms with van der Waals surface area (Å²) in [7, 11) is 1.49. The molecule has 0 saturated heterocycles. The summed E-state index contributed by atoms with van der Waals surface area (Å²) in [6.07, 6.45) is 1.73. The van der Waals surface area contributed by atoms with E-state index in [-0.39, 0.29) is 12.5 Å². The highest BCUT2D eigenvalue weighted by molar-refractivity contribution is 5.97. The first kappa shape index (κ1) is 15.8. The monoisotopic (exact) mass is 301 g/mol. The van der Waals surface area contributed by atoms with E-state index in [0.29, 0.717) is 12.1 Å². The number of aromatic nitrogens is 2. The van der Waals surface area contributed by atoms with E-state index in [4.69, 9.17) is 5.11 Å². The molecule has 0 fully saturated rings. The molecule has 2 rings (SSSR count). The minimum absolute atomic E-state index is 0.289. The second-order valence-electron chi connectivity index (χ2n) is 5.25. The van der Waals surface area contributed by atoms with Gasteiger partial charge in [-0.2, -0.15) is 0 Å². The highest BCUT2D eigenvalue weighted by Gasteiger charge is 2.20. The lowest BCUT2D eigenvalue weighted by Crippen LogP contribution is -2.32. The van der Waals surface area contributed by atoms with Crippen LogP contribution in [0.25, 0.3) is 0 Å². The number of carboxylic acids is 1. The molecule has 2 aromatic heterocycles. The number of amides is 1. The van der Waals surface area contributed by atoms with Crippen molar-refractivity contribution in [3.05, 3.63) is 53.1 Å². The molecule has 0 spiro atoms. The Kier molecular flexibility index (Phi) is 4.60. The molecule has 2 aromatic rings. The Balaban J connectivity index is 2.27. The lowest BCUT2D eigenvalue weighted by atomic mass is 10.2. The Labute approximate surface area is 129 Å². The summed E-state index contributed by atoms with van der Waals surface area (Å²) in [4.78, 5) is 28.6. The number of pyridine rings is 1. The number of aryl methyl sites for hydroxylation is 1. The van der Waals surface area contributed by atoms with Crippen LogP contribution < -0.4 is 0 Å². The molecule has 22 heavy (non-hydrogen) atoms. The predicted octanol–water partition coefficient (Wildman–Crippen LogP) is 1.70. The third kappa shape index (κ3) is 3.33. The van der Waals surface area contributed by atoms with E-state index in [2.05, 4.69) is 4.98 Å². The van der Waals surface area contributed by atoms with Gasteiger partial charge in [0.25, 0.3) is 5.91 Å². The maximum atomic E-state index is 12.4. The van der Waals surface area contributed by atoms with Crippen molar-refractivity contribution in [2.75, 3.05) is 13.6 Å². The SMILES string of the molecule is Cc1cc(C(=O)N(C)CC(=O)O)c(C)n1Cc1ccccn1. The number of carboxylic acid groups (broad SMARTS) is 1. The van der Waals surface area contributed by atoms with Gasteiger partial charge in [-0.1, -0.05) is 6.07 Å². The maximum absolute atomic E-state index is 12.4. The van der Waals surface area contributed by atoms with Gasteiger partial charge in [-0.25, -0.2) is 0 Å². The maximum Gasteiger partial charge on any atom is 0.323 e. The van der Waals surface area contributed by atoms with Crippen molar-refractivity contribution < 1.29 is 14.7 Å². The Morgan fingerprint density at radius 2 is 2.05 bits per heavy atom. The zero-order valence-corrected chi connectivity index (χ0v) is 12.9. The van der Waals surface area contributed by atoms with Gasteiger partial charge in [-0.05, 0) is 32.0 Å². The molecule has 1 amide bonds. The summed E-state index contributed by atoms with van der Waals surface area (Å²) in [5, 5.41) is 8.80. The fraction of sp³-hybridized carbons (Fsp3) is 0.312. The van der Waals surface area contributed by atoms with Gasteiger partial charge in [0.1, 0.15) is 6.54 Å². The number of rotatable bonds is 5. The van der Waals surface area contributed by atoms with Crippen molar-refractivity contribution in [1.82, 2.24) is 14.5 Å². The second-order valence-corrected chi connectivity index (χ2v) is 5.25. The number of hydrogen-bond acceptors (Lipinski definition) is 3. The zero-order chi connectivity index (χ0) is 16.3. The molecule has 0 aliphatic heterocycles. The number of likely N-dealkylation sites (N-methyl/N-ethyl adjacent to an activating group) is 1. The van der Waals surface area contributed by atoms with Crippen LogP contribution in [0, 0.1) is 13.8 Å². The van der Waals surface area contributed by atoms with E-state index in [1.54, 1.807) is 12.3 Å². The lowest BCUT2D eigenvalue weighted by molar-refractivity contribution is -0.137. The standard InChI is InChI=1S/C16H19N3O3/c1-11-8-14(16(22)18(3)10-15(20)21)12(2)19(11)9-13-6-4-5-7-17-13/h4-8H,9-10H2,1-3H3,(H,20,21). The van der Waals surface area contributed by atoms with Crippen molar-refractivity contribution >= 4 is 11.9 Å².